The molecule has 0 saturated carbocycles. The van der Waals surface area contributed by atoms with E-state index in [-0.39, 0.29) is 23.5 Å². The van der Waals surface area contributed by atoms with E-state index in [1.807, 2.05) is 26.8 Å². The zero-order valence-electron chi connectivity index (χ0n) is 14.8. The minimum absolute atomic E-state index is 0.0504. The lowest BCUT2D eigenvalue weighted by Gasteiger charge is -2.11. The standard InChI is InChI=1S/C17H20N4O4S/c1-10(2)15-14(18-9-24-15)17-19-16(13-5-4-11(3)25-13)20-21(17)12-6-7-26(22,23)8-12/h4-5,9-10,12H,6-8H2,1-3H3/t12-/m0/s1. The van der Waals surface area contributed by atoms with Gasteiger partial charge in [0.1, 0.15) is 17.2 Å². The van der Waals surface area contributed by atoms with Crippen molar-refractivity contribution < 1.29 is 17.3 Å². The van der Waals surface area contributed by atoms with Gasteiger partial charge in [-0.05, 0) is 25.5 Å². The van der Waals surface area contributed by atoms with Crippen molar-refractivity contribution in [1.29, 1.82) is 0 Å². The lowest BCUT2D eigenvalue weighted by Crippen LogP contribution is -2.14. The van der Waals surface area contributed by atoms with E-state index in [4.69, 9.17) is 8.83 Å². The maximum absolute atomic E-state index is 12.0. The summed E-state index contributed by atoms with van der Waals surface area (Å²) in [6.07, 6.45) is 1.88. The average Bonchev–Trinajstić information content (AvgIpc) is 3.30. The molecule has 0 N–H and O–H groups in total. The van der Waals surface area contributed by atoms with E-state index in [0.29, 0.717) is 35.3 Å². The van der Waals surface area contributed by atoms with Crippen molar-refractivity contribution in [3.05, 3.63) is 30.0 Å². The predicted octanol–water partition coefficient (Wildman–Crippen LogP) is 2.98. The smallest absolute Gasteiger partial charge is 0.217 e. The summed E-state index contributed by atoms with van der Waals surface area (Å²) < 4.78 is 36.7. The van der Waals surface area contributed by atoms with Gasteiger partial charge in [0.2, 0.25) is 5.82 Å². The zero-order valence-corrected chi connectivity index (χ0v) is 15.7. The van der Waals surface area contributed by atoms with Crippen LogP contribution in [-0.2, 0) is 9.84 Å². The van der Waals surface area contributed by atoms with Crippen molar-refractivity contribution >= 4 is 9.84 Å². The van der Waals surface area contributed by atoms with Crippen LogP contribution in [0.3, 0.4) is 0 Å². The molecule has 1 atom stereocenters. The molecule has 0 bridgehead atoms. The lowest BCUT2D eigenvalue weighted by molar-refractivity contribution is 0.479. The Morgan fingerprint density at radius 1 is 1.31 bits per heavy atom. The van der Waals surface area contributed by atoms with Gasteiger partial charge >= 0.3 is 0 Å². The quantitative estimate of drug-likeness (QED) is 0.689. The van der Waals surface area contributed by atoms with Gasteiger partial charge in [-0.1, -0.05) is 13.8 Å². The molecule has 1 aliphatic heterocycles. The van der Waals surface area contributed by atoms with Crippen molar-refractivity contribution in [2.75, 3.05) is 11.5 Å². The number of sulfone groups is 1. The van der Waals surface area contributed by atoms with Crippen LogP contribution in [0.1, 0.15) is 43.7 Å². The molecular formula is C17H20N4O4S. The largest absolute Gasteiger partial charge is 0.458 e. The summed E-state index contributed by atoms with van der Waals surface area (Å²) in [6.45, 7) is 5.85. The fraction of sp³-hybridized carbons (Fsp3) is 0.471. The van der Waals surface area contributed by atoms with Crippen molar-refractivity contribution in [2.45, 2.75) is 39.2 Å². The molecule has 0 spiro atoms. The van der Waals surface area contributed by atoms with E-state index in [2.05, 4.69) is 15.1 Å². The molecule has 1 aliphatic rings. The van der Waals surface area contributed by atoms with E-state index in [9.17, 15) is 8.42 Å². The van der Waals surface area contributed by atoms with Gasteiger partial charge in [0.05, 0.1) is 17.5 Å². The molecule has 1 fully saturated rings. The molecular weight excluding hydrogens is 356 g/mol. The average molecular weight is 376 g/mol. The first-order valence-corrected chi connectivity index (χ1v) is 10.3. The molecule has 3 aromatic rings. The number of rotatable bonds is 4. The Bertz CT molecular complexity index is 1040. The normalized spacial score (nSPS) is 19.5. The van der Waals surface area contributed by atoms with Crippen molar-refractivity contribution in [3.63, 3.8) is 0 Å². The van der Waals surface area contributed by atoms with Gasteiger partial charge in [0.25, 0.3) is 0 Å². The van der Waals surface area contributed by atoms with E-state index < -0.39 is 9.84 Å². The maximum atomic E-state index is 12.0. The van der Waals surface area contributed by atoms with Crippen LogP contribution in [0.15, 0.2) is 27.4 Å². The lowest BCUT2D eigenvalue weighted by atomic mass is 10.1. The second-order valence-electron chi connectivity index (χ2n) is 6.89. The molecule has 0 unspecified atom stereocenters. The highest BCUT2D eigenvalue weighted by Crippen LogP contribution is 2.33. The zero-order chi connectivity index (χ0) is 18.5. The summed E-state index contributed by atoms with van der Waals surface area (Å²) in [5, 5.41) is 4.56. The number of aryl methyl sites for hydroxylation is 1. The fourth-order valence-corrected chi connectivity index (χ4v) is 4.89. The van der Waals surface area contributed by atoms with Crippen molar-refractivity contribution in [2.24, 2.45) is 0 Å². The van der Waals surface area contributed by atoms with Crippen LogP contribution in [0.4, 0.5) is 0 Å². The number of nitrogens with zero attached hydrogens (tertiary/aromatic N) is 4. The van der Waals surface area contributed by atoms with E-state index in [1.54, 1.807) is 10.7 Å². The Kier molecular flexibility index (Phi) is 3.98. The molecule has 26 heavy (non-hydrogen) atoms. The van der Waals surface area contributed by atoms with Gasteiger partial charge in [-0.3, -0.25) is 0 Å². The van der Waals surface area contributed by atoms with Gasteiger partial charge in [0, 0.05) is 5.92 Å². The SMILES string of the molecule is Cc1ccc(-c2nc(-c3ncoc3C(C)C)n([C@H]3CCS(=O)(=O)C3)n2)o1. The minimum atomic E-state index is -3.06. The highest BCUT2D eigenvalue weighted by atomic mass is 32.2. The number of hydrogen-bond acceptors (Lipinski definition) is 7. The van der Waals surface area contributed by atoms with Crippen LogP contribution in [0.2, 0.25) is 0 Å². The Hall–Kier alpha value is -2.42. The first kappa shape index (κ1) is 17.0. The molecule has 4 heterocycles. The predicted molar refractivity (Wildman–Crippen MR) is 94.4 cm³/mol. The van der Waals surface area contributed by atoms with Crippen molar-refractivity contribution in [3.8, 4) is 23.1 Å². The Morgan fingerprint density at radius 3 is 2.73 bits per heavy atom. The highest BCUT2D eigenvalue weighted by molar-refractivity contribution is 7.91. The summed E-state index contributed by atoms with van der Waals surface area (Å²) in [5.74, 6) is 3.23. The first-order valence-electron chi connectivity index (χ1n) is 8.51. The molecule has 0 amide bonds. The molecule has 1 saturated heterocycles. The van der Waals surface area contributed by atoms with E-state index >= 15 is 0 Å². The van der Waals surface area contributed by atoms with Gasteiger partial charge in [-0.25, -0.2) is 23.1 Å². The Labute approximate surface area is 151 Å². The molecule has 0 aliphatic carbocycles. The molecule has 0 aromatic carbocycles. The third-order valence-corrected chi connectivity index (χ3v) is 6.23. The molecule has 9 heteroatoms. The van der Waals surface area contributed by atoms with Crippen LogP contribution in [-0.4, -0.2) is 39.7 Å². The molecule has 138 valence electrons. The van der Waals surface area contributed by atoms with Gasteiger partial charge in [-0.15, -0.1) is 5.10 Å². The third kappa shape index (κ3) is 2.96. The van der Waals surface area contributed by atoms with Crippen LogP contribution in [0.5, 0.6) is 0 Å². The monoisotopic (exact) mass is 376 g/mol. The number of furan rings is 1. The number of oxazole rings is 1. The fourth-order valence-electron chi connectivity index (χ4n) is 3.20. The number of aromatic nitrogens is 4. The number of hydrogen-bond donors (Lipinski definition) is 0. The summed E-state index contributed by atoms with van der Waals surface area (Å²) >= 11 is 0. The van der Waals surface area contributed by atoms with Crippen molar-refractivity contribution in [1.82, 2.24) is 19.7 Å². The summed E-state index contributed by atoms with van der Waals surface area (Å²) in [5.41, 5.74) is 0.589. The van der Waals surface area contributed by atoms with Crippen LogP contribution >= 0.6 is 0 Å². The Morgan fingerprint density at radius 2 is 2.12 bits per heavy atom. The third-order valence-electron chi connectivity index (χ3n) is 4.48. The molecule has 4 rings (SSSR count). The van der Waals surface area contributed by atoms with Gasteiger partial charge in [-0.2, -0.15) is 0 Å². The summed E-state index contributed by atoms with van der Waals surface area (Å²) in [7, 11) is -3.06. The van der Waals surface area contributed by atoms with E-state index in [0.717, 1.165) is 5.76 Å². The van der Waals surface area contributed by atoms with Gasteiger partial charge < -0.3 is 8.83 Å². The molecule has 8 nitrogen and oxygen atoms in total. The second-order valence-corrected chi connectivity index (χ2v) is 9.12. The van der Waals surface area contributed by atoms with Crippen LogP contribution in [0.25, 0.3) is 23.1 Å². The maximum Gasteiger partial charge on any atom is 0.217 e. The highest BCUT2D eigenvalue weighted by Gasteiger charge is 2.34. The molecule has 0 radical (unpaired) electrons. The minimum Gasteiger partial charge on any atom is -0.458 e. The second kappa shape index (κ2) is 6.08. The van der Waals surface area contributed by atoms with E-state index in [1.165, 1.54) is 6.39 Å². The molecule has 3 aromatic heterocycles. The topological polar surface area (TPSA) is 104 Å². The Balaban J connectivity index is 1.85. The summed E-state index contributed by atoms with van der Waals surface area (Å²) in [4.78, 5) is 8.93. The van der Waals surface area contributed by atoms with Crippen LogP contribution in [0, 0.1) is 6.92 Å². The summed E-state index contributed by atoms with van der Waals surface area (Å²) in [6, 6.07) is 3.37. The van der Waals surface area contributed by atoms with Crippen LogP contribution < -0.4 is 0 Å². The van der Waals surface area contributed by atoms with Gasteiger partial charge in [0.15, 0.2) is 27.8 Å². The first-order chi connectivity index (χ1) is 12.3.